The molecule has 0 atom stereocenters. The first kappa shape index (κ1) is 23.0. The number of hydrogen-bond acceptors (Lipinski definition) is 4. The Hall–Kier alpha value is -3.13. The Bertz CT molecular complexity index is 995. The number of anilines is 1. The minimum Gasteiger partial charge on any atom is -0.495 e. The van der Waals surface area contributed by atoms with Gasteiger partial charge in [0.2, 0.25) is 0 Å². The maximum absolute atomic E-state index is 12.9. The van der Waals surface area contributed by atoms with Crippen molar-refractivity contribution < 1.29 is 19.1 Å². The molecule has 33 heavy (non-hydrogen) atoms. The SMILES string of the molecule is COc1cc(OC)c(NC(=O)N2CCC(N3CCN(Cc4ccccc4)C3=O)CC2)cc1Cl. The van der Waals surface area contributed by atoms with Crippen LogP contribution in [-0.4, -0.2) is 73.2 Å². The van der Waals surface area contributed by atoms with E-state index in [0.29, 0.717) is 41.8 Å². The van der Waals surface area contributed by atoms with E-state index in [1.54, 1.807) is 17.0 Å². The number of amides is 4. The third-order valence-corrected chi connectivity index (χ3v) is 6.55. The fourth-order valence-corrected chi connectivity index (χ4v) is 4.66. The molecule has 2 aliphatic heterocycles. The standard InChI is InChI=1S/C24H29ClN4O4/c1-32-21-15-22(33-2)20(14-19(21)25)26-23(30)27-10-8-18(9-11-27)29-13-12-28(24(29)31)16-17-6-4-3-5-7-17/h3-7,14-15,18H,8-13,16H2,1-2H3,(H,26,30). The van der Waals surface area contributed by atoms with Crippen LogP contribution in [0, 0.1) is 0 Å². The Labute approximate surface area is 199 Å². The van der Waals surface area contributed by atoms with Crippen molar-refractivity contribution in [3.05, 3.63) is 53.1 Å². The second kappa shape index (κ2) is 10.2. The summed E-state index contributed by atoms with van der Waals surface area (Å²) in [7, 11) is 3.05. The minimum absolute atomic E-state index is 0.0827. The predicted octanol–water partition coefficient (Wildman–Crippen LogP) is 4.29. The zero-order valence-corrected chi connectivity index (χ0v) is 19.7. The van der Waals surface area contributed by atoms with Crippen molar-refractivity contribution in [3.63, 3.8) is 0 Å². The van der Waals surface area contributed by atoms with Crippen molar-refractivity contribution in [2.24, 2.45) is 0 Å². The number of ether oxygens (including phenoxy) is 2. The van der Waals surface area contributed by atoms with Gasteiger partial charge in [0.25, 0.3) is 0 Å². The summed E-state index contributed by atoms with van der Waals surface area (Å²) in [5, 5.41) is 3.27. The highest BCUT2D eigenvalue weighted by molar-refractivity contribution is 6.32. The molecule has 4 rings (SSSR count). The lowest BCUT2D eigenvalue weighted by atomic mass is 10.0. The molecule has 176 valence electrons. The summed E-state index contributed by atoms with van der Waals surface area (Å²) < 4.78 is 10.6. The van der Waals surface area contributed by atoms with E-state index in [4.69, 9.17) is 21.1 Å². The van der Waals surface area contributed by atoms with Crippen molar-refractivity contribution in [2.75, 3.05) is 45.7 Å². The number of methoxy groups -OCH3 is 2. The molecular formula is C24H29ClN4O4. The largest absolute Gasteiger partial charge is 0.495 e. The third kappa shape index (κ3) is 5.11. The van der Waals surface area contributed by atoms with E-state index in [0.717, 1.165) is 31.5 Å². The van der Waals surface area contributed by atoms with E-state index in [1.165, 1.54) is 14.2 Å². The molecule has 2 fully saturated rings. The molecule has 2 saturated heterocycles. The van der Waals surface area contributed by atoms with E-state index < -0.39 is 0 Å². The van der Waals surface area contributed by atoms with Crippen molar-refractivity contribution in [1.29, 1.82) is 0 Å². The van der Waals surface area contributed by atoms with Gasteiger partial charge in [0.05, 0.1) is 24.9 Å². The number of urea groups is 2. The average molecular weight is 473 g/mol. The molecule has 0 radical (unpaired) electrons. The van der Waals surface area contributed by atoms with Crippen LogP contribution in [0.2, 0.25) is 5.02 Å². The van der Waals surface area contributed by atoms with Gasteiger partial charge in [-0.15, -0.1) is 0 Å². The zero-order chi connectivity index (χ0) is 23.4. The zero-order valence-electron chi connectivity index (χ0n) is 18.9. The number of nitrogens with zero attached hydrogens (tertiary/aromatic N) is 3. The van der Waals surface area contributed by atoms with Gasteiger partial charge in [0, 0.05) is 44.8 Å². The summed E-state index contributed by atoms with van der Waals surface area (Å²) in [6, 6.07) is 13.3. The normalized spacial score (nSPS) is 16.8. The highest BCUT2D eigenvalue weighted by Crippen LogP contribution is 2.36. The Morgan fingerprint density at radius 3 is 2.39 bits per heavy atom. The molecule has 0 aliphatic carbocycles. The first-order chi connectivity index (χ1) is 16.0. The molecule has 9 heteroatoms. The highest BCUT2D eigenvalue weighted by atomic mass is 35.5. The van der Waals surface area contributed by atoms with Gasteiger partial charge in [-0.3, -0.25) is 0 Å². The number of carbonyl (C=O) groups excluding carboxylic acids is 2. The molecule has 0 aromatic heterocycles. The monoisotopic (exact) mass is 472 g/mol. The molecule has 0 bridgehead atoms. The smallest absolute Gasteiger partial charge is 0.321 e. The van der Waals surface area contributed by atoms with Gasteiger partial charge in [-0.1, -0.05) is 41.9 Å². The van der Waals surface area contributed by atoms with E-state index in [2.05, 4.69) is 5.32 Å². The molecule has 0 spiro atoms. The molecular weight excluding hydrogens is 444 g/mol. The molecule has 2 aromatic carbocycles. The lowest BCUT2D eigenvalue weighted by molar-refractivity contribution is 0.139. The number of halogens is 1. The summed E-state index contributed by atoms with van der Waals surface area (Å²) >= 11 is 6.21. The van der Waals surface area contributed by atoms with Crippen LogP contribution in [0.15, 0.2) is 42.5 Å². The first-order valence-electron chi connectivity index (χ1n) is 11.1. The fraction of sp³-hybridized carbons (Fsp3) is 0.417. The van der Waals surface area contributed by atoms with Crippen molar-refractivity contribution >= 4 is 29.4 Å². The van der Waals surface area contributed by atoms with Gasteiger partial charge in [-0.05, 0) is 24.5 Å². The number of likely N-dealkylation sites (tertiary alicyclic amines) is 1. The topological polar surface area (TPSA) is 74.4 Å². The number of rotatable bonds is 6. The van der Waals surface area contributed by atoms with Gasteiger partial charge < -0.3 is 29.5 Å². The van der Waals surface area contributed by atoms with Crippen LogP contribution >= 0.6 is 11.6 Å². The van der Waals surface area contributed by atoms with Crippen LogP contribution in [0.5, 0.6) is 11.5 Å². The second-order valence-electron chi connectivity index (χ2n) is 8.22. The Kier molecular flexibility index (Phi) is 7.13. The van der Waals surface area contributed by atoms with E-state index in [-0.39, 0.29) is 18.1 Å². The number of piperidine rings is 1. The fourth-order valence-electron chi connectivity index (χ4n) is 4.42. The van der Waals surface area contributed by atoms with Gasteiger partial charge >= 0.3 is 12.1 Å². The van der Waals surface area contributed by atoms with Crippen LogP contribution in [0.3, 0.4) is 0 Å². The van der Waals surface area contributed by atoms with E-state index in [9.17, 15) is 9.59 Å². The molecule has 0 unspecified atom stereocenters. The minimum atomic E-state index is -0.216. The lowest BCUT2D eigenvalue weighted by Crippen LogP contribution is -2.49. The Morgan fingerprint density at radius 1 is 1.03 bits per heavy atom. The first-order valence-corrected chi connectivity index (χ1v) is 11.4. The number of nitrogens with one attached hydrogen (secondary N) is 1. The van der Waals surface area contributed by atoms with Crippen LogP contribution in [0.25, 0.3) is 0 Å². The lowest BCUT2D eigenvalue weighted by Gasteiger charge is -2.36. The Morgan fingerprint density at radius 2 is 1.73 bits per heavy atom. The van der Waals surface area contributed by atoms with E-state index in [1.807, 2.05) is 40.1 Å². The van der Waals surface area contributed by atoms with Gasteiger partial charge in [0.15, 0.2) is 0 Å². The molecule has 2 aliphatic rings. The van der Waals surface area contributed by atoms with Gasteiger partial charge in [-0.2, -0.15) is 0 Å². The molecule has 0 saturated carbocycles. The van der Waals surface area contributed by atoms with Gasteiger partial charge in [-0.25, -0.2) is 9.59 Å². The van der Waals surface area contributed by atoms with Crippen molar-refractivity contribution in [3.8, 4) is 11.5 Å². The number of carbonyl (C=O) groups is 2. The summed E-state index contributed by atoms with van der Waals surface area (Å²) in [6.07, 6.45) is 1.50. The Balaban J connectivity index is 1.31. The summed E-state index contributed by atoms with van der Waals surface area (Å²) in [4.78, 5) is 31.4. The average Bonchev–Trinajstić information content (AvgIpc) is 3.20. The molecule has 8 nitrogen and oxygen atoms in total. The predicted molar refractivity (Wildman–Crippen MR) is 127 cm³/mol. The van der Waals surface area contributed by atoms with Crippen molar-refractivity contribution in [1.82, 2.24) is 14.7 Å². The maximum Gasteiger partial charge on any atom is 0.321 e. The van der Waals surface area contributed by atoms with Gasteiger partial charge in [0.1, 0.15) is 11.5 Å². The molecule has 4 amide bonds. The highest BCUT2D eigenvalue weighted by Gasteiger charge is 2.36. The molecule has 2 aromatic rings. The quantitative estimate of drug-likeness (QED) is 0.680. The van der Waals surface area contributed by atoms with Crippen molar-refractivity contribution in [2.45, 2.75) is 25.4 Å². The molecule has 2 heterocycles. The van der Waals surface area contributed by atoms with Crippen LogP contribution in [0.4, 0.5) is 15.3 Å². The number of hydrogen-bond donors (Lipinski definition) is 1. The van der Waals surface area contributed by atoms with Crippen LogP contribution < -0.4 is 14.8 Å². The maximum atomic E-state index is 12.9. The van der Waals surface area contributed by atoms with Crippen LogP contribution in [0.1, 0.15) is 18.4 Å². The summed E-state index contributed by atoms with van der Waals surface area (Å²) in [5.74, 6) is 0.949. The third-order valence-electron chi connectivity index (χ3n) is 6.25. The van der Waals surface area contributed by atoms with Crippen LogP contribution in [-0.2, 0) is 6.54 Å². The number of benzene rings is 2. The molecule has 1 N–H and O–H groups in total. The summed E-state index contributed by atoms with van der Waals surface area (Å²) in [5.41, 5.74) is 1.62. The second-order valence-corrected chi connectivity index (χ2v) is 8.63. The summed E-state index contributed by atoms with van der Waals surface area (Å²) in [6.45, 7) is 3.23. The van der Waals surface area contributed by atoms with E-state index >= 15 is 0 Å².